The number of amides is 1. The molecule has 1 heterocycles. The molecular formula is C22H30N4O2. The Morgan fingerprint density at radius 3 is 2.50 bits per heavy atom. The summed E-state index contributed by atoms with van der Waals surface area (Å²) in [6.07, 6.45) is 3.47. The Labute approximate surface area is 167 Å². The molecule has 1 aromatic heterocycles. The number of pyridine rings is 1. The van der Waals surface area contributed by atoms with Gasteiger partial charge in [0.2, 0.25) is 0 Å². The molecule has 1 aliphatic carbocycles. The zero-order valence-electron chi connectivity index (χ0n) is 17.4. The monoisotopic (exact) mass is 382 g/mol. The predicted octanol–water partition coefficient (Wildman–Crippen LogP) is 4.45. The number of rotatable bonds is 5. The minimum absolute atomic E-state index is 0.200. The molecule has 2 aromatic rings. The van der Waals surface area contributed by atoms with Gasteiger partial charge in [0, 0.05) is 30.5 Å². The van der Waals surface area contributed by atoms with Crippen LogP contribution in [-0.2, 0) is 4.74 Å². The SMILES string of the molecule is Cc1ncc(NCC2(N(C)C(=O)OC(C)(C)C)CC2)cc1-c1ccc(N)cc1. The Bertz CT molecular complexity index is 852. The van der Waals surface area contributed by atoms with Crippen LogP contribution in [0.2, 0.25) is 0 Å². The number of nitrogen functional groups attached to an aromatic ring is 1. The van der Waals surface area contributed by atoms with Gasteiger partial charge in [-0.05, 0) is 64.3 Å². The van der Waals surface area contributed by atoms with Gasteiger partial charge in [-0.25, -0.2) is 4.79 Å². The largest absolute Gasteiger partial charge is 0.444 e. The van der Waals surface area contributed by atoms with Crippen molar-refractivity contribution in [2.24, 2.45) is 0 Å². The standard InChI is InChI=1S/C22H30N4O2/c1-15-19(16-6-8-17(23)9-7-16)12-18(13-24-15)25-14-22(10-11-22)26(5)20(27)28-21(2,3)4/h6-9,12-13,25H,10-11,14,23H2,1-5H3. The maximum atomic E-state index is 12.4. The lowest BCUT2D eigenvalue weighted by molar-refractivity contribution is 0.0206. The number of nitrogens with zero attached hydrogens (tertiary/aromatic N) is 2. The number of nitrogens with two attached hydrogens (primary N) is 1. The van der Waals surface area contributed by atoms with Gasteiger partial charge in [-0.2, -0.15) is 0 Å². The first-order valence-corrected chi connectivity index (χ1v) is 9.63. The van der Waals surface area contributed by atoms with E-state index in [1.165, 1.54) is 0 Å². The van der Waals surface area contributed by atoms with E-state index >= 15 is 0 Å². The second-order valence-corrected chi connectivity index (χ2v) is 8.60. The van der Waals surface area contributed by atoms with Crippen LogP contribution in [0.1, 0.15) is 39.3 Å². The van der Waals surface area contributed by atoms with Gasteiger partial charge in [0.15, 0.2) is 0 Å². The second-order valence-electron chi connectivity index (χ2n) is 8.60. The number of ether oxygens (including phenoxy) is 1. The maximum Gasteiger partial charge on any atom is 0.410 e. The summed E-state index contributed by atoms with van der Waals surface area (Å²) in [6, 6.07) is 9.88. The molecule has 0 bridgehead atoms. The summed E-state index contributed by atoms with van der Waals surface area (Å²) in [4.78, 5) is 18.7. The fourth-order valence-electron chi connectivity index (χ4n) is 3.15. The molecule has 0 aliphatic heterocycles. The lowest BCUT2D eigenvalue weighted by Gasteiger charge is -2.31. The third-order valence-electron chi connectivity index (χ3n) is 5.14. The summed E-state index contributed by atoms with van der Waals surface area (Å²) in [5.74, 6) is 0. The highest BCUT2D eigenvalue weighted by atomic mass is 16.6. The molecule has 1 aromatic carbocycles. The van der Waals surface area contributed by atoms with Gasteiger partial charge in [0.1, 0.15) is 5.60 Å². The first-order chi connectivity index (χ1) is 13.1. The number of likely N-dealkylation sites (N-methyl/N-ethyl adjacent to an activating group) is 1. The van der Waals surface area contributed by atoms with Crippen LogP contribution >= 0.6 is 0 Å². The molecule has 0 unspecified atom stereocenters. The molecule has 0 spiro atoms. The van der Waals surface area contributed by atoms with Crippen molar-refractivity contribution in [1.29, 1.82) is 0 Å². The van der Waals surface area contributed by atoms with Crippen LogP contribution in [0.5, 0.6) is 0 Å². The predicted molar refractivity (Wildman–Crippen MR) is 113 cm³/mol. The highest BCUT2D eigenvalue weighted by Crippen LogP contribution is 2.41. The van der Waals surface area contributed by atoms with E-state index in [0.717, 1.165) is 41.0 Å². The smallest absolute Gasteiger partial charge is 0.410 e. The van der Waals surface area contributed by atoms with Crippen LogP contribution in [0.4, 0.5) is 16.2 Å². The zero-order valence-corrected chi connectivity index (χ0v) is 17.4. The first kappa shape index (κ1) is 20.0. The molecule has 6 heteroatoms. The molecule has 0 radical (unpaired) electrons. The van der Waals surface area contributed by atoms with Crippen molar-refractivity contribution in [2.45, 2.75) is 51.7 Å². The average Bonchev–Trinajstić information content (AvgIpc) is 3.41. The number of carbonyl (C=O) groups excluding carboxylic acids is 1. The maximum absolute atomic E-state index is 12.4. The minimum atomic E-state index is -0.496. The molecule has 0 saturated heterocycles. The summed E-state index contributed by atoms with van der Waals surface area (Å²) >= 11 is 0. The normalized spacial score (nSPS) is 15.0. The van der Waals surface area contributed by atoms with Crippen LogP contribution in [0.15, 0.2) is 36.5 Å². The van der Waals surface area contributed by atoms with E-state index < -0.39 is 5.60 Å². The van der Waals surface area contributed by atoms with Crippen molar-refractivity contribution in [3.05, 3.63) is 42.2 Å². The van der Waals surface area contributed by atoms with Crippen molar-refractivity contribution in [1.82, 2.24) is 9.88 Å². The Kier molecular flexibility index (Phi) is 5.24. The van der Waals surface area contributed by atoms with Gasteiger partial charge >= 0.3 is 6.09 Å². The quantitative estimate of drug-likeness (QED) is 0.747. The summed E-state index contributed by atoms with van der Waals surface area (Å²) in [6.45, 7) is 8.30. The van der Waals surface area contributed by atoms with Gasteiger partial charge in [-0.3, -0.25) is 4.98 Å². The molecule has 1 saturated carbocycles. The zero-order chi connectivity index (χ0) is 20.5. The molecule has 1 amide bonds. The van der Waals surface area contributed by atoms with E-state index in [4.69, 9.17) is 10.5 Å². The third kappa shape index (κ3) is 4.55. The van der Waals surface area contributed by atoms with E-state index in [1.54, 1.807) is 4.90 Å². The Balaban J connectivity index is 1.70. The van der Waals surface area contributed by atoms with E-state index in [9.17, 15) is 4.79 Å². The van der Waals surface area contributed by atoms with Crippen LogP contribution in [0.25, 0.3) is 11.1 Å². The molecular weight excluding hydrogens is 352 g/mol. The second kappa shape index (κ2) is 7.34. The summed E-state index contributed by atoms with van der Waals surface area (Å²) in [7, 11) is 1.82. The average molecular weight is 383 g/mol. The Hall–Kier alpha value is -2.76. The highest BCUT2D eigenvalue weighted by Gasteiger charge is 2.49. The van der Waals surface area contributed by atoms with E-state index in [2.05, 4.69) is 16.4 Å². The molecule has 0 atom stereocenters. The van der Waals surface area contributed by atoms with Gasteiger partial charge in [-0.15, -0.1) is 0 Å². The number of benzene rings is 1. The van der Waals surface area contributed by atoms with Gasteiger partial charge in [0.05, 0.1) is 17.4 Å². The summed E-state index contributed by atoms with van der Waals surface area (Å²) in [5, 5.41) is 3.46. The number of carbonyl (C=O) groups is 1. The lowest BCUT2D eigenvalue weighted by Crippen LogP contribution is -2.45. The molecule has 3 rings (SSSR count). The van der Waals surface area contributed by atoms with Crippen molar-refractivity contribution in [2.75, 3.05) is 24.6 Å². The fourth-order valence-corrected chi connectivity index (χ4v) is 3.15. The van der Waals surface area contributed by atoms with Gasteiger partial charge in [-0.1, -0.05) is 12.1 Å². The van der Waals surface area contributed by atoms with Crippen LogP contribution in [0, 0.1) is 6.92 Å². The Morgan fingerprint density at radius 1 is 1.29 bits per heavy atom. The van der Waals surface area contributed by atoms with Gasteiger partial charge < -0.3 is 20.7 Å². The minimum Gasteiger partial charge on any atom is -0.444 e. The third-order valence-corrected chi connectivity index (χ3v) is 5.14. The highest BCUT2D eigenvalue weighted by molar-refractivity contribution is 5.71. The van der Waals surface area contributed by atoms with Gasteiger partial charge in [0.25, 0.3) is 0 Å². The molecule has 6 nitrogen and oxygen atoms in total. The van der Waals surface area contributed by atoms with Crippen LogP contribution in [0.3, 0.4) is 0 Å². The van der Waals surface area contributed by atoms with Crippen LogP contribution < -0.4 is 11.1 Å². The number of hydrogen-bond donors (Lipinski definition) is 2. The summed E-state index contributed by atoms with van der Waals surface area (Å²) < 4.78 is 5.52. The number of nitrogens with one attached hydrogen (secondary N) is 1. The molecule has 28 heavy (non-hydrogen) atoms. The van der Waals surface area contributed by atoms with E-state index in [-0.39, 0.29) is 11.6 Å². The number of aryl methyl sites for hydroxylation is 1. The van der Waals surface area contributed by atoms with E-state index in [0.29, 0.717) is 6.54 Å². The molecule has 3 N–H and O–H groups in total. The number of anilines is 2. The molecule has 1 aliphatic rings. The van der Waals surface area contributed by atoms with Crippen molar-refractivity contribution < 1.29 is 9.53 Å². The topological polar surface area (TPSA) is 80.5 Å². The number of hydrogen-bond acceptors (Lipinski definition) is 5. The lowest BCUT2D eigenvalue weighted by atomic mass is 10.0. The van der Waals surface area contributed by atoms with Crippen molar-refractivity contribution >= 4 is 17.5 Å². The number of aromatic nitrogens is 1. The van der Waals surface area contributed by atoms with E-state index in [1.807, 2.05) is 65.2 Å². The molecule has 1 fully saturated rings. The Morgan fingerprint density at radius 2 is 1.93 bits per heavy atom. The molecule has 150 valence electrons. The summed E-state index contributed by atoms with van der Waals surface area (Å²) in [5.41, 5.74) is 9.88. The first-order valence-electron chi connectivity index (χ1n) is 9.63. The van der Waals surface area contributed by atoms with Crippen molar-refractivity contribution in [3.8, 4) is 11.1 Å². The van der Waals surface area contributed by atoms with Crippen LogP contribution in [-0.4, -0.2) is 40.7 Å². The fraction of sp³-hybridized carbons (Fsp3) is 0.455. The van der Waals surface area contributed by atoms with Crippen molar-refractivity contribution in [3.63, 3.8) is 0 Å².